The van der Waals surface area contributed by atoms with Gasteiger partial charge in [-0.1, -0.05) is 208 Å². The third-order valence-corrected chi connectivity index (χ3v) is 14.5. The molecule has 12 aromatic rings. The van der Waals surface area contributed by atoms with Crippen molar-refractivity contribution in [3.63, 3.8) is 0 Å². The van der Waals surface area contributed by atoms with Crippen molar-refractivity contribution in [3.8, 4) is 55.6 Å². The summed E-state index contributed by atoms with van der Waals surface area (Å²) in [5.74, 6) is 0. The quantitative estimate of drug-likeness (QED) is 0.165. The van der Waals surface area contributed by atoms with E-state index in [0.29, 0.717) is 0 Å². The zero-order valence-corrected chi connectivity index (χ0v) is 38.5. The Hall–Kier alpha value is -8.72. The van der Waals surface area contributed by atoms with Crippen LogP contribution in [0, 0.1) is 0 Å². The SMILES string of the molecule is CC.c1ccc(-c2ccc(N(c3ccc(-c4ccc5c(oc6ccccc65)c4-c4ccc5ccccc5c4)cc3)c3ccc4c(c3)C3(c5ccccc5-c5ccccc53)c3ccccc3-4)cc2)cc1. The van der Waals surface area contributed by atoms with Crippen molar-refractivity contribution in [2.24, 2.45) is 0 Å². The first kappa shape index (κ1) is 40.5. The molecule has 2 heteroatoms. The van der Waals surface area contributed by atoms with Crippen molar-refractivity contribution in [2.75, 3.05) is 4.90 Å². The van der Waals surface area contributed by atoms with E-state index in [1.165, 1.54) is 66.4 Å². The van der Waals surface area contributed by atoms with Gasteiger partial charge in [0, 0.05) is 33.4 Å². The molecule has 0 bridgehead atoms. The van der Waals surface area contributed by atoms with Crippen LogP contribution >= 0.6 is 0 Å². The molecule has 0 amide bonds. The topological polar surface area (TPSA) is 16.4 Å². The van der Waals surface area contributed by atoms with E-state index in [9.17, 15) is 0 Å². The summed E-state index contributed by atoms with van der Waals surface area (Å²) in [6.07, 6.45) is 0. The van der Waals surface area contributed by atoms with Crippen LogP contribution in [0.4, 0.5) is 17.1 Å². The van der Waals surface area contributed by atoms with Crippen LogP contribution in [0.25, 0.3) is 88.3 Å². The molecule has 0 unspecified atom stereocenters. The van der Waals surface area contributed by atoms with Gasteiger partial charge in [-0.15, -0.1) is 0 Å². The lowest BCUT2D eigenvalue weighted by molar-refractivity contribution is 0.670. The molecule has 0 fully saturated rings. The zero-order chi connectivity index (χ0) is 46.1. The van der Waals surface area contributed by atoms with Crippen molar-refractivity contribution < 1.29 is 4.42 Å². The maximum atomic E-state index is 6.77. The van der Waals surface area contributed by atoms with Gasteiger partial charge in [0.2, 0.25) is 0 Å². The molecule has 0 saturated carbocycles. The Morgan fingerprint density at radius 3 is 1.48 bits per heavy atom. The van der Waals surface area contributed by atoms with E-state index in [1.54, 1.807) is 0 Å². The Morgan fingerprint density at radius 1 is 0.319 bits per heavy atom. The number of rotatable bonds is 6. The van der Waals surface area contributed by atoms with Crippen LogP contribution < -0.4 is 4.90 Å². The van der Waals surface area contributed by atoms with Gasteiger partial charge in [0.05, 0.1) is 5.41 Å². The van der Waals surface area contributed by atoms with Crippen LogP contribution in [-0.4, -0.2) is 0 Å². The van der Waals surface area contributed by atoms with Gasteiger partial charge in [-0.3, -0.25) is 0 Å². The molecular weight excluding hydrogens is 835 g/mol. The average molecular weight is 882 g/mol. The minimum Gasteiger partial charge on any atom is -0.455 e. The highest BCUT2D eigenvalue weighted by Gasteiger charge is 2.51. The predicted molar refractivity (Wildman–Crippen MR) is 290 cm³/mol. The molecule has 0 atom stereocenters. The van der Waals surface area contributed by atoms with Crippen molar-refractivity contribution in [1.29, 1.82) is 0 Å². The van der Waals surface area contributed by atoms with E-state index >= 15 is 0 Å². The average Bonchev–Trinajstić information content (AvgIpc) is 4.06. The van der Waals surface area contributed by atoms with Gasteiger partial charge in [-0.2, -0.15) is 0 Å². The summed E-state index contributed by atoms with van der Waals surface area (Å²) in [7, 11) is 0. The summed E-state index contributed by atoms with van der Waals surface area (Å²) < 4.78 is 6.77. The number of hydrogen-bond donors (Lipinski definition) is 0. The minimum atomic E-state index is -0.448. The lowest BCUT2D eigenvalue weighted by Crippen LogP contribution is -2.26. The summed E-state index contributed by atoms with van der Waals surface area (Å²) in [6, 6.07) is 91.2. The van der Waals surface area contributed by atoms with E-state index in [4.69, 9.17) is 4.42 Å². The molecule has 1 spiro atoms. The largest absolute Gasteiger partial charge is 0.455 e. The number of fused-ring (bicyclic) bond motifs is 14. The number of nitrogens with zero attached hydrogens (tertiary/aromatic N) is 1. The van der Waals surface area contributed by atoms with Gasteiger partial charge in [0.15, 0.2) is 0 Å². The molecule has 0 radical (unpaired) electrons. The molecule has 11 aromatic carbocycles. The maximum Gasteiger partial charge on any atom is 0.143 e. The van der Waals surface area contributed by atoms with Crippen LogP contribution in [0.15, 0.2) is 253 Å². The first-order valence-corrected chi connectivity index (χ1v) is 24.2. The van der Waals surface area contributed by atoms with E-state index in [0.717, 1.165) is 61.3 Å². The molecular formula is C67H47NO. The Morgan fingerprint density at radius 2 is 0.812 bits per heavy atom. The second-order valence-electron chi connectivity index (χ2n) is 17.9. The second kappa shape index (κ2) is 16.3. The van der Waals surface area contributed by atoms with Crippen molar-refractivity contribution in [1.82, 2.24) is 0 Å². The molecule has 0 N–H and O–H groups in total. The fraction of sp³-hybridized carbons (Fsp3) is 0.0448. The highest BCUT2D eigenvalue weighted by Crippen LogP contribution is 2.63. The molecule has 14 rings (SSSR count). The maximum absolute atomic E-state index is 6.77. The molecule has 326 valence electrons. The second-order valence-corrected chi connectivity index (χ2v) is 17.9. The number of benzene rings is 11. The van der Waals surface area contributed by atoms with Crippen molar-refractivity contribution in [2.45, 2.75) is 19.3 Å². The predicted octanol–water partition coefficient (Wildman–Crippen LogP) is 18.6. The first-order valence-electron chi connectivity index (χ1n) is 24.2. The minimum absolute atomic E-state index is 0.448. The molecule has 0 aliphatic heterocycles. The van der Waals surface area contributed by atoms with Gasteiger partial charge >= 0.3 is 0 Å². The normalized spacial score (nSPS) is 12.6. The first-order chi connectivity index (χ1) is 34.2. The van der Waals surface area contributed by atoms with E-state index in [2.05, 4.69) is 248 Å². The Labute approximate surface area is 403 Å². The monoisotopic (exact) mass is 881 g/mol. The van der Waals surface area contributed by atoms with Crippen molar-refractivity contribution in [3.05, 3.63) is 271 Å². The summed E-state index contributed by atoms with van der Waals surface area (Å²) in [5, 5.41) is 4.66. The van der Waals surface area contributed by atoms with E-state index in [-0.39, 0.29) is 0 Å². The summed E-state index contributed by atoms with van der Waals surface area (Å²) in [6.45, 7) is 4.00. The summed E-state index contributed by atoms with van der Waals surface area (Å²) >= 11 is 0. The van der Waals surface area contributed by atoms with Gasteiger partial charge < -0.3 is 9.32 Å². The standard InChI is InChI=1S/C65H41NO.C2H6/c1-2-14-42(15-3-1)44-28-32-48(33-29-44)66(50-36-37-55-54-20-8-12-24-60(54)65(61(55)41-50)58-22-10-6-18-52(58)53-19-7-11-23-59(53)65)49-34-30-45(31-35-49)51-38-39-57-56-21-9-13-25-62(56)67-64(57)63(51)47-27-26-43-16-4-5-17-46(43)40-47;1-2/h1-41H;1-2H3. The lowest BCUT2D eigenvalue weighted by Gasteiger charge is -2.32. The number of anilines is 3. The van der Waals surface area contributed by atoms with Crippen molar-refractivity contribution >= 4 is 49.8 Å². The fourth-order valence-corrected chi connectivity index (χ4v) is 11.6. The van der Waals surface area contributed by atoms with Gasteiger partial charge in [-0.25, -0.2) is 0 Å². The molecule has 1 aromatic heterocycles. The highest BCUT2D eigenvalue weighted by atomic mass is 16.3. The van der Waals surface area contributed by atoms with Crippen LogP contribution in [-0.2, 0) is 5.41 Å². The smallest absolute Gasteiger partial charge is 0.143 e. The lowest BCUT2D eigenvalue weighted by atomic mass is 9.70. The number of hydrogen-bond acceptors (Lipinski definition) is 2. The van der Waals surface area contributed by atoms with Gasteiger partial charge in [0.1, 0.15) is 11.2 Å². The van der Waals surface area contributed by atoms with Crippen LogP contribution in [0.1, 0.15) is 36.1 Å². The van der Waals surface area contributed by atoms with Crippen LogP contribution in [0.5, 0.6) is 0 Å². The van der Waals surface area contributed by atoms with E-state index < -0.39 is 5.41 Å². The fourth-order valence-electron chi connectivity index (χ4n) is 11.6. The Bertz CT molecular complexity index is 3850. The third kappa shape index (κ3) is 6.19. The Kier molecular flexibility index (Phi) is 9.55. The molecule has 0 saturated heterocycles. The summed E-state index contributed by atoms with van der Waals surface area (Å²) in [5.41, 5.74) is 22.0. The zero-order valence-electron chi connectivity index (χ0n) is 38.5. The molecule has 2 nitrogen and oxygen atoms in total. The molecule has 2 aliphatic rings. The van der Waals surface area contributed by atoms with E-state index in [1.807, 2.05) is 19.9 Å². The van der Waals surface area contributed by atoms with Gasteiger partial charge in [-0.05, 0) is 138 Å². The van der Waals surface area contributed by atoms with Crippen LogP contribution in [0.2, 0.25) is 0 Å². The molecule has 2 aliphatic carbocycles. The highest BCUT2D eigenvalue weighted by molar-refractivity contribution is 6.13. The van der Waals surface area contributed by atoms with Crippen LogP contribution in [0.3, 0.4) is 0 Å². The Balaban J connectivity index is 0.00000232. The number of furan rings is 1. The molecule has 69 heavy (non-hydrogen) atoms. The third-order valence-electron chi connectivity index (χ3n) is 14.5. The van der Waals surface area contributed by atoms with Gasteiger partial charge in [0.25, 0.3) is 0 Å². The summed E-state index contributed by atoms with van der Waals surface area (Å²) in [4.78, 5) is 2.43. The number of para-hydroxylation sites is 1. The molecule has 1 heterocycles.